The van der Waals surface area contributed by atoms with E-state index in [1.807, 2.05) is 0 Å². The predicted octanol–water partition coefficient (Wildman–Crippen LogP) is 3.44. The number of rotatable bonds is 4. The molecule has 1 aliphatic rings. The summed E-state index contributed by atoms with van der Waals surface area (Å²) in [6.45, 7) is 2.66. The van der Waals surface area contributed by atoms with Gasteiger partial charge in [-0.05, 0) is 6.07 Å². The average Bonchev–Trinajstić information content (AvgIpc) is 3.55. The van der Waals surface area contributed by atoms with E-state index >= 15 is 0 Å². The molecule has 0 unspecified atom stereocenters. The van der Waals surface area contributed by atoms with Crippen LogP contribution in [0.15, 0.2) is 49.6 Å². The van der Waals surface area contributed by atoms with Crippen molar-refractivity contribution in [1.82, 2.24) is 34.6 Å². The van der Waals surface area contributed by atoms with Crippen molar-refractivity contribution in [2.45, 2.75) is 11.6 Å². The second-order valence-electron chi connectivity index (χ2n) is 7.58. The van der Waals surface area contributed by atoms with E-state index in [0.29, 0.717) is 11.5 Å². The summed E-state index contributed by atoms with van der Waals surface area (Å²) in [4.78, 5) is 23.8. The number of aromatic nitrogens is 7. The van der Waals surface area contributed by atoms with Gasteiger partial charge in [0.05, 0.1) is 54.1 Å². The number of urea groups is 1. The van der Waals surface area contributed by atoms with E-state index < -0.39 is 24.2 Å². The summed E-state index contributed by atoms with van der Waals surface area (Å²) in [6.07, 6.45) is 1.46. The van der Waals surface area contributed by atoms with Crippen molar-refractivity contribution in [2.75, 3.05) is 29.1 Å². The van der Waals surface area contributed by atoms with Gasteiger partial charge in [0.15, 0.2) is 16.6 Å². The molecule has 0 aliphatic carbocycles. The number of hydrogen-bond donors (Lipinski definition) is 2. The van der Waals surface area contributed by atoms with Crippen LogP contribution in [0.1, 0.15) is 5.69 Å². The third-order valence-electron chi connectivity index (χ3n) is 5.65. The van der Waals surface area contributed by atoms with Gasteiger partial charge in [-0.25, -0.2) is 19.3 Å². The van der Waals surface area contributed by atoms with Crippen molar-refractivity contribution in [3.05, 3.63) is 60.4 Å². The van der Waals surface area contributed by atoms with Crippen molar-refractivity contribution in [1.29, 1.82) is 0 Å². The summed E-state index contributed by atoms with van der Waals surface area (Å²) in [5.74, 6) is 0.368. The van der Waals surface area contributed by atoms with Gasteiger partial charge in [-0.2, -0.15) is 28.5 Å². The molecule has 0 spiro atoms. The standard InChI is InChI=1S/C20H16ClF3N10O/c1-3-19(20(22,23)24)10-32(13-9-26-15-7-14(21)31-33(15)16(13)19)18(35)30-11-6-12(25-2)17(27-8-11)34-28-4-5-29-34/h3-9,25H,1,10H2,2H3,(H,30,35)/t19-/m1/s1. The fourth-order valence-corrected chi connectivity index (χ4v) is 4.16. The molecular formula is C20H16ClF3N10O. The van der Waals surface area contributed by atoms with Gasteiger partial charge in [-0.15, -0.1) is 11.4 Å². The van der Waals surface area contributed by atoms with E-state index in [9.17, 15) is 18.0 Å². The molecule has 2 amide bonds. The molecule has 0 saturated carbocycles. The number of halogens is 4. The van der Waals surface area contributed by atoms with Crippen LogP contribution >= 0.6 is 11.6 Å². The van der Waals surface area contributed by atoms with E-state index in [0.717, 1.165) is 15.5 Å². The van der Waals surface area contributed by atoms with E-state index in [1.54, 1.807) is 13.1 Å². The van der Waals surface area contributed by atoms with Crippen molar-refractivity contribution in [3.63, 3.8) is 0 Å². The van der Waals surface area contributed by atoms with Gasteiger partial charge in [0.1, 0.15) is 5.41 Å². The first-order chi connectivity index (χ1) is 16.7. The maximum atomic E-state index is 14.4. The molecule has 1 atom stereocenters. The highest BCUT2D eigenvalue weighted by atomic mass is 35.5. The van der Waals surface area contributed by atoms with Gasteiger partial charge in [0.25, 0.3) is 0 Å². The SMILES string of the molecule is C=C[C@@]1(C(F)(F)F)CN(C(=O)Nc2cnc(-n3nccn3)c(NC)c2)c2cnc3cc(Cl)nn3c21. The lowest BCUT2D eigenvalue weighted by Gasteiger charge is -2.29. The van der Waals surface area contributed by atoms with Crippen LogP contribution in [0.25, 0.3) is 11.5 Å². The van der Waals surface area contributed by atoms with E-state index in [-0.39, 0.29) is 27.9 Å². The number of alkyl halides is 3. The highest BCUT2D eigenvalue weighted by Gasteiger charge is 2.62. The first-order valence-corrected chi connectivity index (χ1v) is 10.4. The molecule has 4 aromatic heterocycles. The Kier molecular flexibility index (Phi) is 5.12. The number of pyridine rings is 1. The zero-order valence-corrected chi connectivity index (χ0v) is 18.7. The van der Waals surface area contributed by atoms with Gasteiger partial charge < -0.3 is 10.6 Å². The number of hydrogen-bond acceptors (Lipinski definition) is 7. The second kappa shape index (κ2) is 7.94. The van der Waals surface area contributed by atoms with Crippen LogP contribution in [-0.2, 0) is 5.41 Å². The van der Waals surface area contributed by atoms with Crippen LogP contribution in [0.4, 0.5) is 35.0 Å². The zero-order chi connectivity index (χ0) is 25.0. The highest BCUT2D eigenvalue weighted by molar-refractivity contribution is 6.29. The first kappa shape index (κ1) is 22.6. The highest BCUT2D eigenvalue weighted by Crippen LogP contribution is 2.51. The number of carbonyl (C=O) groups excluding carboxylic acids is 1. The molecule has 5 heterocycles. The molecule has 11 nitrogen and oxygen atoms in total. The van der Waals surface area contributed by atoms with Crippen molar-refractivity contribution in [2.24, 2.45) is 0 Å². The number of amides is 2. The minimum Gasteiger partial charge on any atom is -0.385 e. The quantitative estimate of drug-likeness (QED) is 0.409. The van der Waals surface area contributed by atoms with Gasteiger partial charge in [-0.1, -0.05) is 17.7 Å². The summed E-state index contributed by atoms with van der Waals surface area (Å²) < 4.78 is 44.2. The monoisotopic (exact) mass is 504 g/mol. The van der Waals surface area contributed by atoms with E-state index in [4.69, 9.17) is 11.6 Å². The maximum absolute atomic E-state index is 14.4. The zero-order valence-electron chi connectivity index (χ0n) is 18.0. The third-order valence-corrected chi connectivity index (χ3v) is 5.83. The fraction of sp³-hybridized carbons (Fsp3) is 0.200. The van der Waals surface area contributed by atoms with Crippen LogP contribution in [0.3, 0.4) is 0 Å². The lowest BCUT2D eigenvalue weighted by atomic mass is 9.85. The van der Waals surface area contributed by atoms with E-state index in [1.165, 1.54) is 35.7 Å². The molecule has 1 aliphatic heterocycles. The van der Waals surface area contributed by atoms with Crippen LogP contribution in [-0.4, -0.2) is 60.4 Å². The van der Waals surface area contributed by atoms with Crippen LogP contribution in [0.5, 0.6) is 0 Å². The Morgan fingerprint density at radius 1 is 1.23 bits per heavy atom. The van der Waals surface area contributed by atoms with Crippen molar-refractivity contribution >= 4 is 40.3 Å². The number of carbonyl (C=O) groups is 1. The molecule has 0 aromatic carbocycles. The van der Waals surface area contributed by atoms with Gasteiger partial charge in [-0.3, -0.25) is 4.90 Å². The maximum Gasteiger partial charge on any atom is 0.405 e. The van der Waals surface area contributed by atoms with Crippen molar-refractivity contribution < 1.29 is 18.0 Å². The Balaban J connectivity index is 1.55. The smallest absolute Gasteiger partial charge is 0.385 e. The molecule has 0 fully saturated rings. The molecular weight excluding hydrogens is 489 g/mol. The topological polar surface area (TPSA) is 118 Å². The fourth-order valence-electron chi connectivity index (χ4n) is 3.99. The molecule has 4 aromatic rings. The molecule has 5 rings (SSSR count). The largest absolute Gasteiger partial charge is 0.405 e. The van der Waals surface area contributed by atoms with Gasteiger partial charge in [0.2, 0.25) is 0 Å². The molecule has 15 heteroatoms. The summed E-state index contributed by atoms with van der Waals surface area (Å²) in [5, 5.41) is 17.5. The average molecular weight is 505 g/mol. The normalized spacial score (nSPS) is 17.5. The number of fused-ring (bicyclic) bond motifs is 3. The third kappa shape index (κ3) is 3.44. The Morgan fingerprint density at radius 3 is 2.63 bits per heavy atom. The van der Waals surface area contributed by atoms with Gasteiger partial charge in [0, 0.05) is 13.1 Å². The summed E-state index contributed by atoms with van der Waals surface area (Å²) in [5.41, 5.74) is -2.16. The second-order valence-corrected chi connectivity index (χ2v) is 7.97. The van der Waals surface area contributed by atoms with Gasteiger partial charge >= 0.3 is 12.2 Å². The Hall–Kier alpha value is -4.20. The number of anilines is 3. The lowest BCUT2D eigenvalue weighted by Crippen LogP contribution is -2.47. The Bertz CT molecular complexity index is 1450. The minimum absolute atomic E-state index is 0.0358. The lowest BCUT2D eigenvalue weighted by molar-refractivity contribution is -0.172. The Labute approximate surface area is 200 Å². The Morgan fingerprint density at radius 2 is 1.97 bits per heavy atom. The number of nitrogens with zero attached hydrogens (tertiary/aromatic N) is 8. The van der Waals surface area contributed by atoms with Crippen LogP contribution < -0.4 is 15.5 Å². The van der Waals surface area contributed by atoms with E-state index in [2.05, 4.69) is 42.5 Å². The molecule has 0 radical (unpaired) electrons. The molecule has 0 bridgehead atoms. The first-order valence-electron chi connectivity index (χ1n) is 10.1. The predicted molar refractivity (Wildman–Crippen MR) is 121 cm³/mol. The molecule has 35 heavy (non-hydrogen) atoms. The molecule has 0 saturated heterocycles. The molecule has 180 valence electrons. The van der Waals surface area contributed by atoms with Crippen molar-refractivity contribution in [3.8, 4) is 5.82 Å². The van der Waals surface area contributed by atoms with Crippen LogP contribution in [0.2, 0.25) is 5.15 Å². The summed E-state index contributed by atoms with van der Waals surface area (Å²) in [7, 11) is 1.64. The number of nitrogens with one attached hydrogen (secondary N) is 2. The minimum atomic E-state index is -4.79. The summed E-state index contributed by atoms with van der Waals surface area (Å²) >= 11 is 5.92. The summed E-state index contributed by atoms with van der Waals surface area (Å²) in [6, 6.07) is 2.06. The van der Waals surface area contributed by atoms with Crippen LogP contribution in [0, 0.1) is 0 Å². The molecule has 2 N–H and O–H groups in total.